The summed E-state index contributed by atoms with van der Waals surface area (Å²) in [5.41, 5.74) is 2.33. The van der Waals surface area contributed by atoms with Gasteiger partial charge in [-0.25, -0.2) is 0 Å². The zero-order valence-electron chi connectivity index (χ0n) is 16.0. The fourth-order valence-electron chi connectivity index (χ4n) is 3.67. The number of piperidine rings is 1. The maximum atomic E-state index is 4.17. The Hall–Kier alpha value is -2.86. The van der Waals surface area contributed by atoms with Crippen LogP contribution in [-0.4, -0.2) is 44.9 Å². The van der Waals surface area contributed by atoms with Crippen LogP contribution >= 0.6 is 0 Å². The van der Waals surface area contributed by atoms with Crippen molar-refractivity contribution in [3.8, 4) is 11.4 Å². The monoisotopic (exact) mass is 374 g/mol. The molecule has 0 amide bonds. The van der Waals surface area contributed by atoms with E-state index in [1.807, 2.05) is 30.3 Å². The number of benzene rings is 2. The number of hydrogen-bond donors (Lipinski definition) is 1. The van der Waals surface area contributed by atoms with E-state index in [2.05, 4.69) is 60.9 Å². The molecule has 0 bridgehead atoms. The molecule has 1 fully saturated rings. The Kier molecular flexibility index (Phi) is 6.19. The average molecular weight is 374 g/mol. The fraction of sp³-hybridized carbons (Fsp3) is 0.364. The molecule has 0 aliphatic carbocycles. The summed E-state index contributed by atoms with van der Waals surface area (Å²) < 4.78 is 0. The van der Waals surface area contributed by atoms with Crippen molar-refractivity contribution in [3.63, 3.8) is 0 Å². The smallest absolute Gasteiger partial charge is 0.262 e. The molecule has 3 aromatic rings. The molecule has 144 valence electrons. The van der Waals surface area contributed by atoms with E-state index in [0.717, 1.165) is 31.0 Å². The van der Waals surface area contributed by atoms with Crippen molar-refractivity contribution < 1.29 is 0 Å². The van der Waals surface area contributed by atoms with Gasteiger partial charge in [0.1, 0.15) is 0 Å². The molecular weight excluding hydrogens is 348 g/mol. The predicted octanol–water partition coefficient (Wildman–Crippen LogP) is 3.65. The quantitative estimate of drug-likeness (QED) is 0.681. The molecule has 2 aromatic carbocycles. The van der Waals surface area contributed by atoms with E-state index in [-0.39, 0.29) is 0 Å². The van der Waals surface area contributed by atoms with Gasteiger partial charge in [-0.15, -0.1) is 20.4 Å². The van der Waals surface area contributed by atoms with E-state index >= 15 is 0 Å². The van der Waals surface area contributed by atoms with Crippen LogP contribution in [0.15, 0.2) is 60.7 Å². The van der Waals surface area contributed by atoms with Crippen molar-refractivity contribution >= 4 is 5.95 Å². The summed E-state index contributed by atoms with van der Waals surface area (Å²) in [5.74, 6) is 1.81. The lowest BCUT2D eigenvalue weighted by Gasteiger charge is -2.32. The van der Waals surface area contributed by atoms with Gasteiger partial charge >= 0.3 is 0 Å². The Morgan fingerprint density at radius 2 is 1.46 bits per heavy atom. The Labute approximate surface area is 166 Å². The molecule has 0 saturated carbocycles. The van der Waals surface area contributed by atoms with Crippen LogP contribution in [-0.2, 0) is 6.54 Å². The van der Waals surface area contributed by atoms with Gasteiger partial charge in [-0.3, -0.25) is 4.90 Å². The Morgan fingerprint density at radius 3 is 2.14 bits per heavy atom. The van der Waals surface area contributed by atoms with E-state index in [1.165, 1.54) is 31.5 Å². The number of aromatic nitrogens is 4. The first-order valence-corrected chi connectivity index (χ1v) is 10.00. The third kappa shape index (κ3) is 5.10. The molecule has 0 spiro atoms. The van der Waals surface area contributed by atoms with E-state index in [9.17, 15) is 0 Å². The molecule has 1 aliphatic rings. The normalized spacial score (nSPS) is 15.4. The summed E-state index contributed by atoms with van der Waals surface area (Å²) in [4.78, 5) is 2.55. The van der Waals surface area contributed by atoms with Crippen LogP contribution in [0.1, 0.15) is 24.8 Å². The van der Waals surface area contributed by atoms with E-state index in [0.29, 0.717) is 11.8 Å². The summed E-state index contributed by atoms with van der Waals surface area (Å²) in [6, 6.07) is 20.5. The number of nitrogens with one attached hydrogen (secondary N) is 1. The van der Waals surface area contributed by atoms with Gasteiger partial charge in [0.15, 0.2) is 0 Å². The van der Waals surface area contributed by atoms with Crippen LogP contribution in [0, 0.1) is 5.92 Å². The first-order chi connectivity index (χ1) is 13.9. The first-order valence-electron chi connectivity index (χ1n) is 10.00. The number of hydrogen-bond acceptors (Lipinski definition) is 6. The molecule has 2 heterocycles. The minimum Gasteiger partial charge on any atom is -0.352 e. The number of rotatable bonds is 7. The lowest BCUT2D eigenvalue weighted by molar-refractivity contribution is 0.174. The molecule has 1 saturated heterocycles. The Morgan fingerprint density at radius 1 is 0.821 bits per heavy atom. The zero-order valence-corrected chi connectivity index (χ0v) is 16.0. The van der Waals surface area contributed by atoms with Crippen molar-refractivity contribution in [1.29, 1.82) is 0 Å². The van der Waals surface area contributed by atoms with Gasteiger partial charge in [0.05, 0.1) is 0 Å². The molecule has 6 heteroatoms. The summed E-state index contributed by atoms with van der Waals surface area (Å²) in [7, 11) is 0. The number of likely N-dealkylation sites (tertiary alicyclic amines) is 1. The van der Waals surface area contributed by atoms with Gasteiger partial charge in [-0.2, -0.15) is 0 Å². The third-order valence-electron chi connectivity index (χ3n) is 5.30. The highest BCUT2D eigenvalue weighted by atomic mass is 15.3. The molecular formula is C22H26N6. The van der Waals surface area contributed by atoms with Crippen molar-refractivity contribution in [1.82, 2.24) is 25.3 Å². The maximum absolute atomic E-state index is 4.17. The molecule has 1 aliphatic heterocycles. The second-order valence-electron chi connectivity index (χ2n) is 7.33. The summed E-state index contributed by atoms with van der Waals surface area (Å²) in [6.07, 6.45) is 3.63. The standard InChI is InChI=1S/C22H26N6/c1-3-7-19(8-4-1)17-28-15-12-18(13-16-28)11-14-23-22-26-24-21(25-27-22)20-9-5-2-6-10-20/h1-10,18H,11-17H2,(H,23,26,27). The predicted molar refractivity (Wildman–Crippen MR) is 111 cm³/mol. The molecule has 1 N–H and O–H groups in total. The number of anilines is 1. The lowest BCUT2D eigenvalue weighted by atomic mass is 9.93. The lowest BCUT2D eigenvalue weighted by Crippen LogP contribution is -2.33. The van der Waals surface area contributed by atoms with Gasteiger partial charge < -0.3 is 5.32 Å². The molecule has 6 nitrogen and oxygen atoms in total. The van der Waals surface area contributed by atoms with Crippen LogP contribution in [0.3, 0.4) is 0 Å². The Bertz CT molecular complexity index is 830. The second kappa shape index (κ2) is 9.37. The highest BCUT2D eigenvalue weighted by molar-refractivity contribution is 5.53. The molecule has 4 rings (SSSR count). The number of nitrogens with zero attached hydrogens (tertiary/aromatic N) is 5. The third-order valence-corrected chi connectivity index (χ3v) is 5.30. The SMILES string of the molecule is c1ccc(CN2CCC(CCNc3nnc(-c4ccccc4)nn3)CC2)cc1. The minimum atomic E-state index is 0.501. The maximum Gasteiger partial charge on any atom is 0.262 e. The summed E-state index contributed by atoms with van der Waals surface area (Å²) in [5, 5.41) is 19.9. The van der Waals surface area contributed by atoms with Crippen LogP contribution in [0.2, 0.25) is 0 Å². The molecule has 28 heavy (non-hydrogen) atoms. The van der Waals surface area contributed by atoms with Gasteiger partial charge in [-0.05, 0) is 43.8 Å². The summed E-state index contributed by atoms with van der Waals surface area (Å²) in [6.45, 7) is 4.26. The second-order valence-corrected chi connectivity index (χ2v) is 7.33. The molecule has 1 aromatic heterocycles. The molecule has 0 radical (unpaired) electrons. The van der Waals surface area contributed by atoms with Gasteiger partial charge in [0.25, 0.3) is 5.95 Å². The topological polar surface area (TPSA) is 66.8 Å². The zero-order chi connectivity index (χ0) is 19.0. The van der Waals surface area contributed by atoms with Gasteiger partial charge in [-0.1, -0.05) is 60.7 Å². The minimum absolute atomic E-state index is 0.501. The fourth-order valence-corrected chi connectivity index (χ4v) is 3.67. The van der Waals surface area contributed by atoms with E-state index in [1.54, 1.807) is 0 Å². The van der Waals surface area contributed by atoms with Crippen LogP contribution in [0.5, 0.6) is 0 Å². The van der Waals surface area contributed by atoms with E-state index in [4.69, 9.17) is 0 Å². The van der Waals surface area contributed by atoms with Crippen LogP contribution in [0.25, 0.3) is 11.4 Å². The van der Waals surface area contributed by atoms with Crippen LogP contribution < -0.4 is 5.32 Å². The van der Waals surface area contributed by atoms with Crippen molar-refractivity contribution in [2.45, 2.75) is 25.8 Å². The molecule has 0 unspecified atom stereocenters. The Balaban J connectivity index is 1.18. The van der Waals surface area contributed by atoms with E-state index < -0.39 is 0 Å². The molecule has 0 atom stereocenters. The van der Waals surface area contributed by atoms with Crippen molar-refractivity contribution in [3.05, 3.63) is 66.2 Å². The summed E-state index contributed by atoms with van der Waals surface area (Å²) >= 11 is 0. The van der Waals surface area contributed by atoms with Gasteiger partial charge in [0.2, 0.25) is 5.82 Å². The van der Waals surface area contributed by atoms with Crippen molar-refractivity contribution in [2.24, 2.45) is 5.92 Å². The highest BCUT2D eigenvalue weighted by Crippen LogP contribution is 2.22. The highest BCUT2D eigenvalue weighted by Gasteiger charge is 2.19. The van der Waals surface area contributed by atoms with Gasteiger partial charge in [0, 0.05) is 18.7 Å². The average Bonchev–Trinajstić information content (AvgIpc) is 2.77. The van der Waals surface area contributed by atoms with Crippen molar-refractivity contribution in [2.75, 3.05) is 25.0 Å². The van der Waals surface area contributed by atoms with Crippen LogP contribution in [0.4, 0.5) is 5.95 Å². The largest absolute Gasteiger partial charge is 0.352 e. The first kappa shape index (κ1) is 18.5.